The van der Waals surface area contributed by atoms with Gasteiger partial charge >= 0.3 is 6.03 Å². The molecule has 4 aliphatic heterocycles. The van der Waals surface area contributed by atoms with Crippen LogP contribution < -0.4 is 20.9 Å². The molecule has 0 aliphatic carbocycles. The normalized spacial score (nSPS) is 28.0. The first kappa shape index (κ1) is 23.0. The van der Waals surface area contributed by atoms with Crippen LogP contribution in [0.2, 0.25) is 0 Å². The van der Waals surface area contributed by atoms with Crippen molar-refractivity contribution >= 4 is 35.3 Å². The third kappa shape index (κ3) is 3.90. The number of urea groups is 1. The van der Waals surface area contributed by atoms with Gasteiger partial charge in [-0.15, -0.1) is 0 Å². The number of nitrogens with zero attached hydrogens (tertiary/aromatic N) is 2. The molecule has 3 N–H and O–H groups in total. The van der Waals surface area contributed by atoms with Crippen molar-refractivity contribution in [3.8, 4) is 0 Å². The summed E-state index contributed by atoms with van der Waals surface area (Å²) in [6.45, 7) is 9.58. The van der Waals surface area contributed by atoms with Crippen LogP contribution in [0.15, 0.2) is 41.5 Å². The number of benzene rings is 1. The molecule has 180 valence electrons. The number of rotatable bonds is 5. The smallest absolute Gasteiger partial charge is 0.326 e. The second kappa shape index (κ2) is 9.11. The molecule has 0 spiro atoms. The summed E-state index contributed by atoms with van der Waals surface area (Å²) >= 11 is 1.50. The zero-order valence-corrected chi connectivity index (χ0v) is 20.4. The minimum Gasteiger partial charge on any atom is -0.347 e. The van der Waals surface area contributed by atoms with Gasteiger partial charge in [-0.3, -0.25) is 14.5 Å². The van der Waals surface area contributed by atoms with E-state index in [1.54, 1.807) is 4.90 Å². The number of carbonyl (C=O) groups is 3. The van der Waals surface area contributed by atoms with Gasteiger partial charge in [-0.2, -0.15) is 0 Å². The van der Waals surface area contributed by atoms with E-state index in [-0.39, 0.29) is 41.2 Å². The molecular weight excluding hydrogens is 450 g/mol. The third-order valence-corrected chi connectivity index (χ3v) is 8.64. The quantitative estimate of drug-likeness (QED) is 0.561. The Morgan fingerprint density at radius 1 is 1.32 bits per heavy atom. The standard InChI is InChI=1S/C25H31N5O3S/c1-4-15-6-7-17(14(3)12-15)30-18-8-10-26-24-20(18)21(28-25(30)33)22(34-24)23(32)27-16-9-11-29(13-16)19(31)5-2/h5-7,12,16,18,20,24,26H,2,4,8-11,13H2,1,3H3,(H,27,32)(H,28,33)/t16-,18?,20?,24?/m1/s1. The third-order valence-electron chi connectivity index (χ3n) is 7.29. The first-order valence-electron chi connectivity index (χ1n) is 12.0. The fraction of sp³-hybridized carbons (Fsp3) is 0.480. The number of amides is 4. The molecule has 3 unspecified atom stereocenters. The average molecular weight is 482 g/mol. The first-order chi connectivity index (χ1) is 16.4. The van der Waals surface area contributed by atoms with Gasteiger partial charge in [0.15, 0.2) is 0 Å². The van der Waals surface area contributed by atoms with Gasteiger partial charge in [0.2, 0.25) is 5.91 Å². The van der Waals surface area contributed by atoms with Crippen molar-refractivity contribution in [2.45, 2.75) is 50.6 Å². The van der Waals surface area contributed by atoms with Gasteiger partial charge in [0, 0.05) is 36.4 Å². The number of aryl methyl sites for hydroxylation is 2. The van der Waals surface area contributed by atoms with Crippen LogP contribution in [0.25, 0.3) is 0 Å². The zero-order chi connectivity index (χ0) is 24.0. The molecule has 34 heavy (non-hydrogen) atoms. The highest BCUT2D eigenvalue weighted by atomic mass is 32.2. The number of anilines is 1. The Morgan fingerprint density at radius 3 is 2.88 bits per heavy atom. The predicted octanol–water partition coefficient (Wildman–Crippen LogP) is 2.25. The molecule has 4 aliphatic rings. The maximum Gasteiger partial charge on any atom is 0.326 e. The minimum atomic E-state index is -0.180. The van der Waals surface area contributed by atoms with Crippen LogP contribution in [-0.2, 0) is 16.0 Å². The minimum absolute atomic E-state index is 0.00818. The molecule has 0 saturated carbocycles. The maximum absolute atomic E-state index is 13.4. The van der Waals surface area contributed by atoms with Gasteiger partial charge in [0.1, 0.15) is 0 Å². The molecule has 3 saturated heterocycles. The summed E-state index contributed by atoms with van der Waals surface area (Å²) in [7, 11) is 0. The number of likely N-dealkylation sites (tertiary alicyclic amines) is 1. The fourth-order valence-corrected chi connectivity index (χ4v) is 6.97. The lowest BCUT2D eigenvalue weighted by Gasteiger charge is -2.46. The molecule has 3 fully saturated rings. The molecular formula is C25H31N5O3S. The summed E-state index contributed by atoms with van der Waals surface area (Å²) in [5.41, 5.74) is 3.99. The van der Waals surface area contributed by atoms with Crippen LogP contribution >= 0.6 is 11.8 Å². The summed E-state index contributed by atoms with van der Waals surface area (Å²) in [5, 5.41) is 9.73. The number of piperidine rings is 1. The largest absolute Gasteiger partial charge is 0.347 e. The summed E-state index contributed by atoms with van der Waals surface area (Å²) in [4.78, 5) is 42.7. The molecule has 5 rings (SSSR count). The highest BCUT2D eigenvalue weighted by Crippen LogP contribution is 2.48. The number of carbonyl (C=O) groups excluding carboxylic acids is 3. The SMILES string of the molecule is C=CC(=O)N1CC[C@@H](NC(=O)C2=C3NC(=O)N(c4ccc(CC)cc4C)C4CCNC(S2)C34)C1. The Balaban J connectivity index is 1.38. The maximum atomic E-state index is 13.4. The van der Waals surface area contributed by atoms with E-state index in [1.165, 1.54) is 23.4 Å². The molecule has 0 bridgehead atoms. The summed E-state index contributed by atoms with van der Waals surface area (Å²) in [5.74, 6) is -0.274. The van der Waals surface area contributed by atoms with Crippen molar-refractivity contribution in [3.63, 3.8) is 0 Å². The van der Waals surface area contributed by atoms with Crippen LogP contribution in [0.5, 0.6) is 0 Å². The second-order valence-electron chi connectivity index (χ2n) is 9.34. The van der Waals surface area contributed by atoms with Crippen LogP contribution in [0, 0.1) is 12.8 Å². The van der Waals surface area contributed by atoms with Gasteiger partial charge in [-0.1, -0.05) is 37.4 Å². The Bertz CT molecular complexity index is 1090. The average Bonchev–Trinajstić information content (AvgIpc) is 3.45. The lowest BCUT2D eigenvalue weighted by atomic mass is 9.86. The van der Waals surface area contributed by atoms with Crippen LogP contribution in [0.4, 0.5) is 10.5 Å². The molecule has 0 radical (unpaired) electrons. The first-order valence-corrected chi connectivity index (χ1v) is 12.8. The lowest BCUT2D eigenvalue weighted by Crippen LogP contribution is -2.62. The van der Waals surface area contributed by atoms with E-state index in [9.17, 15) is 14.4 Å². The van der Waals surface area contributed by atoms with Crippen LogP contribution in [-0.4, -0.2) is 59.8 Å². The van der Waals surface area contributed by atoms with E-state index in [2.05, 4.69) is 48.5 Å². The predicted molar refractivity (Wildman–Crippen MR) is 133 cm³/mol. The molecule has 0 aromatic heterocycles. The Morgan fingerprint density at radius 2 is 2.15 bits per heavy atom. The summed E-state index contributed by atoms with van der Waals surface area (Å²) < 4.78 is 0. The van der Waals surface area contributed by atoms with Crippen molar-refractivity contribution in [1.82, 2.24) is 20.9 Å². The zero-order valence-electron chi connectivity index (χ0n) is 19.6. The van der Waals surface area contributed by atoms with Gasteiger partial charge in [-0.25, -0.2) is 4.79 Å². The van der Waals surface area contributed by atoms with E-state index in [0.29, 0.717) is 24.4 Å². The molecule has 4 amide bonds. The van der Waals surface area contributed by atoms with Gasteiger partial charge in [-0.05, 0) is 56.0 Å². The second-order valence-corrected chi connectivity index (χ2v) is 10.5. The topological polar surface area (TPSA) is 93.8 Å². The highest BCUT2D eigenvalue weighted by molar-refractivity contribution is 8.04. The van der Waals surface area contributed by atoms with Crippen LogP contribution in [0.1, 0.15) is 30.9 Å². The van der Waals surface area contributed by atoms with Gasteiger partial charge in [0.25, 0.3) is 5.91 Å². The molecule has 9 heteroatoms. The van der Waals surface area contributed by atoms with Gasteiger partial charge < -0.3 is 20.9 Å². The Labute approximate surface area is 204 Å². The van der Waals surface area contributed by atoms with E-state index in [0.717, 1.165) is 36.3 Å². The molecule has 4 atom stereocenters. The molecule has 4 heterocycles. The van der Waals surface area contributed by atoms with E-state index in [4.69, 9.17) is 0 Å². The van der Waals surface area contributed by atoms with Crippen molar-refractivity contribution in [2.75, 3.05) is 24.5 Å². The summed E-state index contributed by atoms with van der Waals surface area (Å²) in [6, 6.07) is 5.99. The molecule has 8 nitrogen and oxygen atoms in total. The highest BCUT2D eigenvalue weighted by Gasteiger charge is 2.52. The lowest BCUT2D eigenvalue weighted by molar-refractivity contribution is -0.125. The van der Waals surface area contributed by atoms with Crippen molar-refractivity contribution < 1.29 is 14.4 Å². The monoisotopic (exact) mass is 481 g/mol. The van der Waals surface area contributed by atoms with Crippen LogP contribution in [0.3, 0.4) is 0 Å². The van der Waals surface area contributed by atoms with Crippen molar-refractivity contribution in [3.05, 3.63) is 52.6 Å². The molecule has 1 aromatic rings. The number of thioether (sulfide) groups is 1. The van der Waals surface area contributed by atoms with E-state index >= 15 is 0 Å². The number of hydrogen-bond donors (Lipinski definition) is 3. The van der Waals surface area contributed by atoms with Gasteiger partial charge in [0.05, 0.1) is 16.3 Å². The van der Waals surface area contributed by atoms with Crippen molar-refractivity contribution in [1.29, 1.82) is 0 Å². The number of nitrogens with one attached hydrogen (secondary N) is 3. The van der Waals surface area contributed by atoms with E-state index < -0.39 is 0 Å². The Hall–Kier alpha value is -2.78. The molecule has 1 aromatic carbocycles. The Kier molecular flexibility index (Phi) is 6.16. The van der Waals surface area contributed by atoms with Crippen molar-refractivity contribution in [2.24, 2.45) is 5.92 Å². The van der Waals surface area contributed by atoms with E-state index in [1.807, 2.05) is 11.0 Å². The fourth-order valence-electron chi connectivity index (χ4n) is 5.57. The summed E-state index contributed by atoms with van der Waals surface area (Å²) in [6.07, 6.45) is 3.79. The number of hydrogen-bond acceptors (Lipinski definition) is 5.